The number of hydrogen-bond acceptors (Lipinski definition) is 4. The molecular formula is C32H40ClN3O4S. The Hall–Kier alpha value is -3.36. The van der Waals surface area contributed by atoms with Gasteiger partial charge in [0.1, 0.15) is 6.04 Å². The lowest BCUT2D eigenvalue weighted by atomic mass is 10.0. The first-order chi connectivity index (χ1) is 19.5. The Bertz CT molecular complexity index is 1400. The zero-order valence-electron chi connectivity index (χ0n) is 24.2. The SMILES string of the molecule is CC[C@H](C)NC(=O)[C@@H](Cc1ccccc1)N(Cc1ccccc1)C(=O)CCCN(c1cccc(Cl)c1C)S(C)(=O)=O. The molecule has 3 aromatic carbocycles. The third-order valence-corrected chi connectivity index (χ3v) is 8.72. The number of halogens is 1. The van der Waals surface area contributed by atoms with Crippen LogP contribution >= 0.6 is 11.6 Å². The largest absolute Gasteiger partial charge is 0.352 e. The summed E-state index contributed by atoms with van der Waals surface area (Å²) in [6.45, 7) is 6.08. The number of carbonyl (C=O) groups is 2. The van der Waals surface area contributed by atoms with Crippen LogP contribution in [0.2, 0.25) is 5.02 Å². The number of rotatable bonds is 14. The van der Waals surface area contributed by atoms with Gasteiger partial charge in [-0.3, -0.25) is 13.9 Å². The van der Waals surface area contributed by atoms with E-state index in [2.05, 4.69) is 5.32 Å². The van der Waals surface area contributed by atoms with Gasteiger partial charge in [0.25, 0.3) is 0 Å². The molecule has 0 saturated carbocycles. The van der Waals surface area contributed by atoms with Crippen LogP contribution in [0.25, 0.3) is 0 Å². The van der Waals surface area contributed by atoms with Crippen molar-refractivity contribution >= 4 is 39.1 Å². The molecule has 1 N–H and O–H groups in total. The van der Waals surface area contributed by atoms with Crippen molar-refractivity contribution in [3.63, 3.8) is 0 Å². The molecule has 0 aliphatic rings. The van der Waals surface area contributed by atoms with Crippen molar-refractivity contribution < 1.29 is 18.0 Å². The third-order valence-electron chi connectivity index (χ3n) is 7.13. The molecule has 0 aliphatic carbocycles. The molecule has 3 rings (SSSR count). The summed E-state index contributed by atoms with van der Waals surface area (Å²) in [5.41, 5.74) is 3.00. The highest BCUT2D eigenvalue weighted by molar-refractivity contribution is 7.92. The van der Waals surface area contributed by atoms with Crippen LogP contribution in [0.1, 0.15) is 49.8 Å². The van der Waals surface area contributed by atoms with Gasteiger partial charge in [-0.2, -0.15) is 0 Å². The van der Waals surface area contributed by atoms with Gasteiger partial charge in [0.15, 0.2) is 0 Å². The minimum Gasteiger partial charge on any atom is -0.352 e. The first-order valence-corrected chi connectivity index (χ1v) is 16.1. The minimum absolute atomic E-state index is 0.0429. The maximum Gasteiger partial charge on any atom is 0.243 e. The van der Waals surface area contributed by atoms with E-state index in [1.54, 1.807) is 30.0 Å². The minimum atomic E-state index is -3.63. The fraction of sp³-hybridized carbons (Fsp3) is 0.375. The van der Waals surface area contributed by atoms with Crippen LogP contribution < -0.4 is 9.62 Å². The normalized spacial score (nSPS) is 12.8. The maximum atomic E-state index is 13.9. The van der Waals surface area contributed by atoms with Crippen molar-refractivity contribution in [3.8, 4) is 0 Å². The lowest BCUT2D eigenvalue weighted by molar-refractivity contribution is -0.141. The summed E-state index contributed by atoms with van der Waals surface area (Å²) in [6.07, 6.45) is 2.61. The highest BCUT2D eigenvalue weighted by Crippen LogP contribution is 2.28. The summed E-state index contributed by atoms with van der Waals surface area (Å²) < 4.78 is 26.7. The molecule has 7 nitrogen and oxygen atoms in total. The number of benzene rings is 3. The zero-order chi connectivity index (χ0) is 30.0. The fourth-order valence-corrected chi connectivity index (χ4v) is 5.81. The van der Waals surface area contributed by atoms with E-state index in [9.17, 15) is 18.0 Å². The third kappa shape index (κ3) is 9.33. The van der Waals surface area contributed by atoms with Crippen LogP contribution in [0.5, 0.6) is 0 Å². The van der Waals surface area contributed by atoms with Crippen LogP contribution in [0, 0.1) is 6.92 Å². The van der Waals surface area contributed by atoms with Gasteiger partial charge in [0.05, 0.1) is 11.9 Å². The molecule has 0 aliphatic heterocycles. The van der Waals surface area contributed by atoms with E-state index in [-0.39, 0.29) is 43.8 Å². The standard InChI is InChI=1S/C32H40ClN3O4S/c1-5-24(2)34-32(38)30(22-26-14-8-6-9-15-26)35(23-27-16-10-7-11-17-27)31(37)20-13-21-36(41(4,39)40)29-19-12-18-28(33)25(29)3/h6-12,14-19,24,30H,5,13,20-23H2,1-4H3,(H,34,38)/t24-,30+/m0/s1. The Morgan fingerprint density at radius 1 is 0.927 bits per heavy atom. The number of amides is 2. The summed E-state index contributed by atoms with van der Waals surface area (Å²) in [6, 6.07) is 23.6. The van der Waals surface area contributed by atoms with Crippen molar-refractivity contribution in [2.24, 2.45) is 0 Å². The van der Waals surface area contributed by atoms with Gasteiger partial charge in [-0.25, -0.2) is 8.42 Å². The summed E-state index contributed by atoms with van der Waals surface area (Å²) in [4.78, 5) is 29.1. The van der Waals surface area contributed by atoms with Crippen LogP contribution in [0.15, 0.2) is 78.9 Å². The van der Waals surface area contributed by atoms with Crippen LogP contribution in [-0.2, 0) is 32.6 Å². The van der Waals surface area contributed by atoms with E-state index in [1.807, 2.05) is 74.5 Å². The Morgan fingerprint density at radius 2 is 1.54 bits per heavy atom. The maximum absolute atomic E-state index is 13.9. The molecule has 0 heterocycles. The highest BCUT2D eigenvalue weighted by atomic mass is 35.5. The number of carbonyl (C=O) groups excluding carboxylic acids is 2. The van der Waals surface area contributed by atoms with Crippen molar-refractivity contribution in [2.75, 3.05) is 17.1 Å². The molecule has 9 heteroatoms. The molecule has 41 heavy (non-hydrogen) atoms. The molecule has 2 amide bonds. The summed E-state index contributed by atoms with van der Waals surface area (Å²) >= 11 is 6.27. The molecule has 0 fully saturated rings. The van der Waals surface area contributed by atoms with Gasteiger partial charge in [-0.05, 0) is 55.5 Å². The number of nitrogens with zero attached hydrogens (tertiary/aromatic N) is 2. The Balaban J connectivity index is 1.89. The lowest BCUT2D eigenvalue weighted by Crippen LogP contribution is -2.52. The molecule has 220 valence electrons. The summed E-state index contributed by atoms with van der Waals surface area (Å²) in [5, 5.41) is 3.54. The van der Waals surface area contributed by atoms with Gasteiger partial charge < -0.3 is 10.2 Å². The van der Waals surface area contributed by atoms with Gasteiger partial charge in [0.2, 0.25) is 21.8 Å². The van der Waals surface area contributed by atoms with E-state index >= 15 is 0 Å². The second kappa shape index (κ2) is 15.0. The molecule has 2 atom stereocenters. The van der Waals surface area contributed by atoms with E-state index < -0.39 is 16.1 Å². The molecule has 0 aromatic heterocycles. The Morgan fingerprint density at radius 3 is 2.12 bits per heavy atom. The summed E-state index contributed by atoms with van der Waals surface area (Å²) in [5.74, 6) is -0.426. The number of sulfonamides is 1. The van der Waals surface area contributed by atoms with E-state index in [0.29, 0.717) is 22.7 Å². The average Bonchev–Trinajstić information content (AvgIpc) is 2.95. The molecule has 0 saturated heterocycles. The molecule has 0 radical (unpaired) electrons. The van der Waals surface area contributed by atoms with Gasteiger partial charge in [-0.1, -0.05) is 85.3 Å². The zero-order valence-corrected chi connectivity index (χ0v) is 25.8. The van der Waals surface area contributed by atoms with Crippen molar-refractivity contribution in [2.45, 2.75) is 65.1 Å². The molecule has 0 bridgehead atoms. The second-order valence-corrected chi connectivity index (χ2v) is 12.7. The number of anilines is 1. The van der Waals surface area contributed by atoms with Gasteiger partial charge in [-0.15, -0.1) is 0 Å². The first-order valence-electron chi connectivity index (χ1n) is 13.9. The van der Waals surface area contributed by atoms with Gasteiger partial charge in [0, 0.05) is 37.0 Å². The fourth-order valence-electron chi connectivity index (χ4n) is 4.62. The predicted molar refractivity (Wildman–Crippen MR) is 166 cm³/mol. The Labute approximate surface area is 249 Å². The van der Waals surface area contributed by atoms with Crippen molar-refractivity contribution in [3.05, 3.63) is 101 Å². The van der Waals surface area contributed by atoms with Crippen LogP contribution in [0.3, 0.4) is 0 Å². The van der Waals surface area contributed by atoms with Crippen LogP contribution in [0.4, 0.5) is 5.69 Å². The summed E-state index contributed by atoms with van der Waals surface area (Å²) in [7, 11) is -3.63. The van der Waals surface area contributed by atoms with Crippen LogP contribution in [-0.4, -0.2) is 50.0 Å². The van der Waals surface area contributed by atoms with Gasteiger partial charge >= 0.3 is 0 Å². The van der Waals surface area contributed by atoms with E-state index in [1.165, 1.54) is 4.31 Å². The lowest BCUT2D eigenvalue weighted by Gasteiger charge is -2.33. The smallest absolute Gasteiger partial charge is 0.243 e. The molecule has 3 aromatic rings. The van der Waals surface area contributed by atoms with Crippen molar-refractivity contribution in [1.29, 1.82) is 0 Å². The Kier molecular flexibility index (Phi) is 11.8. The van der Waals surface area contributed by atoms with E-state index in [4.69, 9.17) is 11.6 Å². The number of nitrogens with one attached hydrogen (secondary N) is 1. The number of hydrogen-bond donors (Lipinski definition) is 1. The monoisotopic (exact) mass is 597 g/mol. The van der Waals surface area contributed by atoms with E-state index in [0.717, 1.165) is 23.8 Å². The quantitative estimate of drug-likeness (QED) is 0.256. The first kappa shape index (κ1) is 32.2. The second-order valence-electron chi connectivity index (χ2n) is 10.4. The molecule has 0 spiro atoms. The highest BCUT2D eigenvalue weighted by Gasteiger charge is 2.31. The topological polar surface area (TPSA) is 86.8 Å². The van der Waals surface area contributed by atoms with Crippen molar-refractivity contribution in [1.82, 2.24) is 10.2 Å². The molecular weight excluding hydrogens is 558 g/mol. The molecule has 0 unspecified atom stereocenters. The predicted octanol–water partition coefficient (Wildman–Crippen LogP) is 5.75. The average molecular weight is 598 g/mol.